The molecule has 1 amide bonds. The third kappa shape index (κ3) is 4.31. The van der Waals surface area contributed by atoms with Gasteiger partial charge in [-0.1, -0.05) is 6.92 Å². The van der Waals surface area contributed by atoms with Gasteiger partial charge >= 0.3 is 5.97 Å². The Hall–Kier alpha value is -2.08. The Balaban J connectivity index is 1.66. The van der Waals surface area contributed by atoms with Crippen LogP contribution in [0.1, 0.15) is 43.0 Å². The average molecular weight is 347 g/mol. The summed E-state index contributed by atoms with van der Waals surface area (Å²) in [6.45, 7) is 3.94. The number of carbonyl (C=O) groups is 2. The maximum absolute atomic E-state index is 12.7. The van der Waals surface area contributed by atoms with Crippen molar-refractivity contribution in [2.24, 2.45) is 5.92 Å². The van der Waals surface area contributed by atoms with Crippen LogP contribution in [0, 0.1) is 5.92 Å². The highest BCUT2D eigenvalue weighted by atomic mass is 16.5. The summed E-state index contributed by atoms with van der Waals surface area (Å²) < 4.78 is 11.2. The largest absolute Gasteiger partial charge is 0.490 e. The van der Waals surface area contributed by atoms with Crippen LogP contribution >= 0.6 is 0 Å². The lowest BCUT2D eigenvalue weighted by Crippen LogP contribution is -2.49. The predicted octanol–water partition coefficient (Wildman–Crippen LogP) is 2.57. The van der Waals surface area contributed by atoms with E-state index < -0.39 is 12.0 Å². The van der Waals surface area contributed by atoms with Crippen molar-refractivity contribution in [3.8, 4) is 5.75 Å². The normalized spacial score (nSPS) is 24.8. The van der Waals surface area contributed by atoms with E-state index in [1.807, 2.05) is 6.92 Å². The van der Waals surface area contributed by atoms with Crippen LogP contribution in [-0.2, 0) is 9.53 Å². The summed E-state index contributed by atoms with van der Waals surface area (Å²) in [7, 11) is 0. The van der Waals surface area contributed by atoms with Gasteiger partial charge in [0.2, 0.25) is 0 Å². The molecule has 1 aromatic carbocycles. The molecule has 0 saturated carbocycles. The molecule has 0 radical (unpaired) electrons. The first-order chi connectivity index (χ1) is 12.0. The van der Waals surface area contributed by atoms with Gasteiger partial charge in [0.25, 0.3) is 5.91 Å². The average Bonchev–Trinajstić information content (AvgIpc) is 2.62. The molecule has 25 heavy (non-hydrogen) atoms. The molecule has 0 spiro atoms. The number of amides is 1. The van der Waals surface area contributed by atoms with E-state index in [1.165, 1.54) is 4.90 Å². The van der Waals surface area contributed by atoms with Crippen molar-refractivity contribution in [1.82, 2.24) is 4.90 Å². The molecule has 1 aromatic rings. The number of hydrogen-bond acceptors (Lipinski definition) is 4. The van der Waals surface area contributed by atoms with Gasteiger partial charge < -0.3 is 19.5 Å². The van der Waals surface area contributed by atoms with Crippen molar-refractivity contribution in [3.63, 3.8) is 0 Å². The molecule has 1 N–H and O–H groups in total. The lowest BCUT2D eigenvalue weighted by atomic mass is 9.92. The molecule has 6 heteroatoms. The fourth-order valence-corrected chi connectivity index (χ4v) is 3.45. The minimum absolute atomic E-state index is 0.148. The molecule has 0 aliphatic carbocycles. The Morgan fingerprint density at radius 2 is 1.84 bits per heavy atom. The zero-order valence-corrected chi connectivity index (χ0v) is 14.5. The van der Waals surface area contributed by atoms with E-state index >= 15 is 0 Å². The Kier molecular flexibility index (Phi) is 5.58. The first-order valence-electron chi connectivity index (χ1n) is 8.93. The number of likely N-dealkylation sites (tertiary alicyclic amines) is 1. The molecule has 2 fully saturated rings. The van der Waals surface area contributed by atoms with Gasteiger partial charge in [-0.2, -0.15) is 0 Å². The van der Waals surface area contributed by atoms with E-state index in [1.54, 1.807) is 24.3 Å². The van der Waals surface area contributed by atoms with Gasteiger partial charge in [-0.15, -0.1) is 0 Å². The number of aliphatic carboxylic acids is 1. The van der Waals surface area contributed by atoms with Crippen molar-refractivity contribution < 1.29 is 24.2 Å². The summed E-state index contributed by atoms with van der Waals surface area (Å²) in [5, 5.41) is 9.42. The lowest BCUT2D eigenvalue weighted by Gasteiger charge is -2.36. The second-order valence-corrected chi connectivity index (χ2v) is 6.94. The standard InChI is InChI=1S/C19H25NO5/c1-13-6-9-20(17(12-13)19(22)23)18(21)14-2-4-15(5-3-14)25-16-7-10-24-11-8-16/h2-5,13,16-17H,6-12H2,1H3,(H,22,23). The summed E-state index contributed by atoms with van der Waals surface area (Å²) in [5.41, 5.74) is 0.500. The number of piperidine rings is 1. The molecule has 3 rings (SSSR count). The first-order valence-corrected chi connectivity index (χ1v) is 8.93. The van der Waals surface area contributed by atoms with Gasteiger partial charge in [0.05, 0.1) is 13.2 Å². The third-order valence-electron chi connectivity index (χ3n) is 4.98. The van der Waals surface area contributed by atoms with Gasteiger partial charge in [-0.05, 0) is 43.0 Å². The van der Waals surface area contributed by atoms with E-state index in [4.69, 9.17) is 9.47 Å². The van der Waals surface area contributed by atoms with Gasteiger partial charge in [0.15, 0.2) is 0 Å². The van der Waals surface area contributed by atoms with Crippen LogP contribution in [0.5, 0.6) is 5.75 Å². The smallest absolute Gasteiger partial charge is 0.326 e. The van der Waals surface area contributed by atoms with Gasteiger partial charge in [-0.25, -0.2) is 4.79 Å². The van der Waals surface area contributed by atoms with E-state index in [-0.39, 0.29) is 12.0 Å². The molecule has 2 heterocycles. The number of ether oxygens (including phenoxy) is 2. The van der Waals surface area contributed by atoms with Crippen LogP contribution in [0.15, 0.2) is 24.3 Å². The molecular formula is C19H25NO5. The third-order valence-corrected chi connectivity index (χ3v) is 4.98. The SMILES string of the molecule is CC1CCN(C(=O)c2ccc(OC3CCOCC3)cc2)C(C(=O)O)C1. The summed E-state index contributed by atoms with van der Waals surface area (Å²) >= 11 is 0. The van der Waals surface area contributed by atoms with Crippen LogP contribution in [0.25, 0.3) is 0 Å². The van der Waals surface area contributed by atoms with Crippen LogP contribution in [0.2, 0.25) is 0 Å². The number of rotatable bonds is 4. The van der Waals surface area contributed by atoms with Gasteiger partial charge in [0, 0.05) is 24.9 Å². The molecule has 2 aliphatic rings. The highest BCUT2D eigenvalue weighted by molar-refractivity contribution is 5.96. The van der Waals surface area contributed by atoms with Crippen LogP contribution < -0.4 is 4.74 Å². The molecule has 2 aliphatic heterocycles. The highest BCUT2D eigenvalue weighted by Crippen LogP contribution is 2.25. The van der Waals surface area contributed by atoms with E-state index in [0.717, 1.165) is 25.0 Å². The lowest BCUT2D eigenvalue weighted by molar-refractivity contribution is -0.144. The van der Waals surface area contributed by atoms with Crippen LogP contribution in [0.4, 0.5) is 0 Å². The predicted molar refractivity (Wildman–Crippen MR) is 91.8 cm³/mol. The molecule has 2 atom stereocenters. The number of benzene rings is 1. The van der Waals surface area contributed by atoms with E-state index in [2.05, 4.69) is 0 Å². The molecular weight excluding hydrogens is 322 g/mol. The minimum atomic E-state index is -0.931. The Bertz CT molecular complexity index is 609. The minimum Gasteiger partial charge on any atom is -0.490 e. The number of nitrogens with zero attached hydrogens (tertiary/aromatic N) is 1. The van der Waals surface area contributed by atoms with Crippen molar-refractivity contribution in [1.29, 1.82) is 0 Å². The second kappa shape index (κ2) is 7.87. The number of carboxylic acid groups (broad SMARTS) is 1. The molecule has 136 valence electrons. The Morgan fingerprint density at radius 1 is 1.16 bits per heavy atom. The Labute approximate surface area is 147 Å². The fourth-order valence-electron chi connectivity index (χ4n) is 3.45. The van der Waals surface area contributed by atoms with Crippen molar-refractivity contribution >= 4 is 11.9 Å². The monoisotopic (exact) mass is 347 g/mol. The second-order valence-electron chi connectivity index (χ2n) is 6.94. The molecule has 0 aromatic heterocycles. The number of carbonyl (C=O) groups excluding carboxylic acids is 1. The summed E-state index contributed by atoms with van der Waals surface area (Å²) in [6, 6.07) is 6.26. The molecule has 0 bridgehead atoms. The van der Waals surface area contributed by atoms with Crippen molar-refractivity contribution in [2.45, 2.75) is 44.8 Å². The maximum atomic E-state index is 12.7. The number of hydrogen-bond donors (Lipinski definition) is 1. The summed E-state index contributed by atoms with van der Waals surface area (Å²) in [4.78, 5) is 25.7. The Morgan fingerprint density at radius 3 is 2.48 bits per heavy atom. The zero-order valence-electron chi connectivity index (χ0n) is 14.5. The van der Waals surface area contributed by atoms with E-state index in [0.29, 0.717) is 37.7 Å². The van der Waals surface area contributed by atoms with Crippen LogP contribution in [0.3, 0.4) is 0 Å². The van der Waals surface area contributed by atoms with E-state index in [9.17, 15) is 14.7 Å². The summed E-state index contributed by atoms with van der Waals surface area (Å²) in [6.07, 6.45) is 3.22. The maximum Gasteiger partial charge on any atom is 0.326 e. The van der Waals surface area contributed by atoms with Crippen molar-refractivity contribution in [2.75, 3.05) is 19.8 Å². The topological polar surface area (TPSA) is 76.1 Å². The highest BCUT2D eigenvalue weighted by Gasteiger charge is 2.35. The van der Waals surface area contributed by atoms with Crippen LogP contribution in [-0.4, -0.2) is 53.8 Å². The number of carboxylic acids is 1. The molecule has 6 nitrogen and oxygen atoms in total. The van der Waals surface area contributed by atoms with Gasteiger partial charge in [-0.3, -0.25) is 4.79 Å². The quantitative estimate of drug-likeness (QED) is 0.906. The fraction of sp³-hybridized carbons (Fsp3) is 0.579. The zero-order chi connectivity index (χ0) is 17.8. The first kappa shape index (κ1) is 17.7. The summed E-state index contributed by atoms with van der Waals surface area (Å²) in [5.74, 6) is -0.109. The molecule has 2 saturated heterocycles. The van der Waals surface area contributed by atoms with Gasteiger partial charge in [0.1, 0.15) is 17.9 Å². The molecule has 2 unspecified atom stereocenters. The van der Waals surface area contributed by atoms with Crippen molar-refractivity contribution in [3.05, 3.63) is 29.8 Å².